The highest BCUT2D eigenvalue weighted by Crippen LogP contribution is 2.25. The molecule has 3 aromatic rings. The molecule has 0 aliphatic carbocycles. The molecule has 6 heteroatoms. The molecular formula is C21H28N4OS+2. The number of aryl methyl sites for hydroxylation is 3. The minimum Gasteiger partial charge on any atom is -0.322 e. The van der Waals surface area contributed by atoms with E-state index in [1.54, 1.807) is 16.2 Å². The first-order valence-corrected chi connectivity index (χ1v) is 10.5. The Labute approximate surface area is 163 Å². The topological polar surface area (TPSA) is 54.6 Å². The number of nitrogens with one attached hydrogen (secondary N) is 3. The van der Waals surface area contributed by atoms with Gasteiger partial charge in [0.05, 0.1) is 5.39 Å². The minimum atomic E-state index is 0.0139. The van der Waals surface area contributed by atoms with Crippen LogP contribution >= 0.6 is 11.3 Å². The van der Waals surface area contributed by atoms with E-state index in [-0.39, 0.29) is 5.56 Å². The van der Waals surface area contributed by atoms with Gasteiger partial charge in [0.1, 0.15) is 44.1 Å². The van der Waals surface area contributed by atoms with Crippen molar-refractivity contribution in [2.75, 3.05) is 26.2 Å². The number of hydrogen-bond donors (Lipinski definition) is 3. The largest absolute Gasteiger partial charge is 0.322 e. The molecule has 142 valence electrons. The number of fused-ring (bicyclic) bond motifs is 1. The van der Waals surface area contributed by atoms with Crippen molar-refractivity contribution in [1.29, 1.82) is 0 Å². The lowest BCUT2D eigenvalue weighted by atomic mass is 10.1. The van der Waals surface area contributed by atoms with Gasteiger partial charge in [0.2, 0.25) is 0 Å². The average Bonchev–Trinajstić information content (AvgIpc) is 2.91. The summed E-state index contributed by atoms with van der Waals surface area (Å²) >= 11 is 1.63. The predicted molar refractivity (Wildman–Crippen MR) is 110 cm³/mol. The van der Waals surface area contributed by atoms with Gasteiger partial charge in [-0.05, 0) is 26.3 Å². The highest BCUT2D eigenvalue weighted by atomic mass is 32.1. The first-order valence-electron chi connectivity index (χ1n) is 9.71. The van der Waals surface area contributed by atoms with E-state index < -0.39 is 0 Å². The maximum atomic E-state index is 12.5. The van der Waals surface area contributed by atoms with Gasteiger partial charge in [-0.1, -0.05) is 29.8 Å². The lowest BCUT2D eigenvalue weighted by Crippen LogP contribution is -3.27. The van der Waals surface area contributed by atoms with Crippen LogP contribution in [0.5, 0.6) is 0 Å². The second-order valence-electron chi connectivity index (χ2n) is 7.82. The van der Waals surface area contributed by atoms with Crippen LogP contribution in [0.1, 0.15) is 27.4 Å². The van der Waals surface area contributed by atoms with Crippen LogP contribution in [0.2, 0.25) is 0 Å². The van der Waals surface area contributed by atoms with Gasteiger partial charge in [-0.3, -0.25) is 4.79 Å². The van der Waals surface area contributed by atoms with Crippen LogP contribution in [0.3, 0.4) is 0 Å². The molecule has 5 nitrogen and oxygen atoms in total. The lowest BCUT2D eigenvalue weighted by Gasteiger charge is -2.29. The molecule has 0 radical (unpaired) electrons. The zero-order valence-corrected chi connectivity index (χ0v) is 17.1. The predicted octanol–water partition coefficient (Wildman–Crippen LogP) is 0.393. The molecule has 0 atom stereocenters. The zero-order chi connectivity index (χ0) is 19.0. The Kier molecular flexibility index (Phi) is 5.12. The number of thiophene rings is 1. The lowest BCUT2D eigenvalue weighted by molar-refractivity contribution is -1.02. The van der Waals surface area contributed by atoms with E-state index in [4.69, 9.17) is 4.98 Å². The molecule has 0 saturated carbocycles. The zero-order valence-electron chi connectivity index (χ0n) is 16.3. The highest BCUT2D eigenvalue weighted by Gasteiger charge is 2.24. The molecule has 0 amide bonds. The van der Waals surface area contributed by atoms with Gasteiger partial charge in [0.15, 0.2) is 5.82 Å². The van der Waals surface area contributed by atoms with E-state index >= 15 is 0 Å². The number of benzene rings is 1. The normalized spacial score (nSPS) is 20.3. The van der Waals surface area contributed by atoms with Gasteiger partial charge in [-0.15, -0.1) is 11.3 Å². The van der Waals surface area contributed by atoms with Crippen LogP contribution in [0.25, 0.3) is 10.2 Å². The Balaban J connectivity index is 1.39. The standard InChI is InChI=1S/C21H26N4OS/c1-14-5-4-6-17(11-14)12-24-7-9-25(10-8-24)13-18-22-20(26)19-15(2)16(3)27-21(19)23-18/h4-6,11H,7-10,12-13H2,1-3H3,(H,22,23,26)/p+2. The Morgan fingerprint density at radius 2 is 1.78 bits per heavy atom. The van der Waals surface area contributed by atoms with Gasteiger partial charge in [-0.2, -0.15) is 0 Å². The fraction of sp³-hybridized carbons (Fsp3) is 0.429. The first-order chi connectivity index (χ1) is 13.0. The van der Waals surface area contributed by atoms with Crippen molar-refractivity contribution in [3.8, 4) is 0 Å². The molecule has 0 spiro atoms. The number of aromatic amines is 1. The van der Waals surface area contributed by atoms with E-state index in [0.717, 1.165) is 60.9 Å². The van der Waals surface area contributed by atoms with Gasteiger partial charge >= 0.3 is 0 Å². The summed E-state index contributed by atoms with van der Waals surface area (Å²) in [5.74, 6) is 0.825. The van der Waals surface area contributed by atoms with Crippen molar-refractivity contribution >= 4 is 21.6 Å². The van der Waals surface area contributed by atoms with Gasteiger partial charge in [0, 0.05) is 10.4 Å². The quantitative estimate of drug-likeness (QED) is 0.610. The highest BCUT2D eigenvalue weighted by molar-refractivity contribution is 7.18. The van der Waals surface area contributed by atoms with Gasteiger partial charge in [-0.25, -0.2) is 4.98 Å². The van der Waals surface area contributed by atoms with Crippen molar-refractivity contribution < 1.29 is 9.80 Å². The average molecular weight is 385 g/mol. The van der Waals surface area contributed by atoms with Crippen LogP contribution in [-0.4, -0.2) is 36.1 Å². The van der Waals surface area contributed by atoms with Crippen LogP contribution in [-0.2, 0) is 13.1 Å². The smallest absolute Gasteiger partial charge is 0.260 e. The van der Waals surface area contributed by atoms with E-state index in [1.807, 2.05) is 6.92 Å². The van der Waals surface area contributed by atoms with Crippen LogP contribution in [0.4, 0.5) is 0 Å². The first kappa shape index (κ1) is 18.3. The Morgan fingerprint density at radius 1 is 1.07 bits per heavy atom. The molecule has 1 aliphatic heterocycles. The van der Waals surface area contributed by atoms with E-state index in [0.29, 0.717) is 0 Å². The number of nitrogens with zero attached hydrogens (tertiary/aromatic N) is 1. The van der Waals surface area contributed by atoms with E-state index in [9.17, 15) is 4.79 Å². The Hall–Kier alpha value is -2.02. The molecular weight excluding hydrogens is 356 g/mol. The fourth-order valence-corrected chi connectivity index (χ4v) is 5.09. The van der Waals surface area contributed by atoms with E-state index in [2.05, 4.69) is 43.1 Å². The summed E-state index contributed by atoms with van der Waals surface area (Å²) in [6.45, 7) is 12.7. The second kappa shape index (κ2) is 7.54. The third-order valence-corrected chi connectivity index (χ3v) is 6.81. The van der Waals surface area contributed by atoms with Crippen molar-refractivity contribution in [1.82, 2.24) is 9.97 Å². The van der Waals surface area contributed by atoms with E-state index in [1.165, 1.54) is 20.9 Å². The van der Waals surface area contributed by atoms with Crippen molar-refractivity contribution in [2.45, 2.75) is 33.9 Å². The van der Waals surface area contributed by atoms with Crippen molar-refractivity contribution in [2.24, 2.45) is 0 Å². The molecule has 27 heavy (non-hydrogen) atoms. The minimum absolute atomic E-state index is 0.0139. The van der Waals surface area contributed by atoms with Gasteiger partial charge in [0.25, 0.3) is 5.56 Å². The molecule has 1 aromatic carbocycles. The summed E-state index contributed by atoms with van der Waals surface area (Å²) in [5, 5.41) is 0.767. The molecule has 0 unspecified atom stereocenters. The number of aromatic nitrogens is 2. The maximum Gasteiger partial charge on any atom is 0.260 e. The molecule has 4 rings (SSSR count). The SMILES string of the molecule is Cc1cccc(C[NH+]2CC[NH+](Cc3nc4sc(C)c(C)c4c(=O)[nH]3)CC2)c1. The summed E-state index contributed by atoms with van der Waals surface area (Å²) in [5.41, 5.74) is 3.84. The number of hydrogen-bond acceptors (Lipinski definition) is 3. The molecule has 1 saturated heterocycles. The molecule has 2 aromatic heterocycles. The third-order valence-electron chi connectivity index (χ3n) is 5.71. The molecule has 3 N–H and O–H groups in total. The third kappa shape index (κ3) is 3.98. The fourth-order valence-electron chi connectivity index (χ4n) is 4.04. The number of H-pyrrole nitrogens is 1. The Morgan fingerprint density at radius 3 is 2.48 bits per heavy atom. The van der Waals surface area contributed by atoms with Crippen molar-refractivity contribution in [3.63, 3.8) is 0 Å². The molecule has 1 aliphatic rings. The summed E-state index contributed by atoms with van der Waals surface area (Å²) in [6, 6.07) is 8.83. The van der Waals surface area contributed by atoms with Crippen LogP contribution in [0.15, 0.2) is 29.1 Å². The summed E-state index contributed by atoms with van der Waals surface area (Å²) in [6.07, 6.45) is 0. The summed E-state index contributed by atoms with van der Waals surface area (Å²) < 4.78 is 0. The summed E-state index contributed by atoms with van der Waals surface area (Å²) in [4.78, 5) is 25.4. The van der Waals surface area contributed by atoms with Crippen LogP contribution < -0.4 is 15.4 Å². The number of rotatable bonds is 4. The number of piperazine rings is 1. The van der Waals surface area contributed by atoms with Crippen molar-refractivity contribution in [3.05, 3.63) is 62.0 Å². The maximum absolute atomic E-state index is 12.5. The van der Waals surface area contributed by atoms with Gasteiger partial charge < -0.3 is 14.8 Å². The molecule has 3 heterocycles. The molecule has 1 fully saturated rings. The Bertz CT molecular complexity index is 1010. The summed E-state index contributed by atoms with van der Waals surface area (Å²) in [7, 11) is 0. The monoisotopic (exact) mass is 384 g/mol. The molecule has 0 bridgehead atoms. The number of quaternary nitrogens is 2. The second-order valence-corrected chi connectivity index (χ2v) is 9.02. The van der Waals surface area contributed by atoms with Crippen LogP contribution in [0, 0.1) is 20.8 Å².